The molecule has 0 aliphatic carbocycles. The van der Waals surface area contributed by atoms with Crippen molar-refractivity contribution in [2.45, 2.75) is 38.0 Å². The fraction of sp³-hybridized carbons (Fsp3) is 0.471. The van der Waals surface area contributed by atoms with Crippen LogP contribution in [-0.2, 0) is 17.8 Å². The molecule has 1 aromatic carbocycles. The van der Waals surface area contributed by atoms with Crippen LogP contribution >= 0.6 is 11.8 Å². The Morgan fingerprint density at radius 3 is 3.08 bits per heavy atom. The summed E-state index contributed by atoms with van der Waals surface area (Å²) in [4.78, 5) is 13.3. The number of hydrogen-bond donors (Lipinski definition) is 0. The number of nitrogens with zero attached hydrogens (tertiary/aromatic N) is 3. The van der Waals surface area contributed by atoms with Crippen LogP contribution in [0.25, 0.3) is 0 Å². The molecule has 0 unspecified atom stereocenters. The van der Waals surface area contributed by atoms with Gasteiger partial charge in [0.15, 0.2) is 0 Å². The first-order valence-electron chi connectivity index (χ1n) is 8.19. The van der Waals surface area contributed by atoms with Crippen molar-refractivity contribution >= 4 is 17.7 Å². The molecule has 1 aromatic heterocycles. The molecule has 0 spiro atoms. The number of aromatic nitrogens is 2. The van der Waals surface area contributed by atoms with Gasteiger partial charge in [-0.2, -0.15) is 0 Å². The van der Waals surface area contributed by atoms with Crippen LogP contribution in [0.15, 0.2) is 33.9 Å². The van der Waals surface area contributed by atoms with Gasteiger partial charge in [-0.3, -0.25) is 4.79 Å². The number of carbonyl (C=O) groups excluding carboxylic acids is 1. The third-order valence-corrected chi connectivity index (χ3v) is 4.61. The van der Waals surface area contributed by atoms with Gasteiger partial charge in [0.2, 0.25) is 11.8 Å². The third-order valence-electron chi connectivity index (χ3n) is 3.83. The summed E-state index contributed by atoms with van der Waals surface area (Å²) in [5.41, 5.74) is 1.26. The molecule has 6 nitrogen and oxygen atoms in total. The van der Waals surface area contributed by atoms with Gasteiger partial charge in [0, 0.05) is 18.7 Å². The minimum absolute atomic E-state index is 0.158. The fourth-order valence-corrected chi connectivity index (χ4v) is 3.13. The molecule has 2 heterocycles. The van der Waals surface area contributed by atoms with E-state index in [0.29, 0.717) is 30.7 Å². The summed E-state index contributed by atoms with van der Waals surface area (Å²) in [5, 5.41) is 8.53. The average molecular weight is 347 g/mol. The smallest absolute Gasteiger partial charge is 0.276 e. The third kappa shape index (κ3) is 4.50. The van der Waals surface area contributed by atoms with E-state index < -0.39 is 0 Å². The highest BCUT2D eigenvalue weighted by Gasteiger charge is 2.22. The molecule has 0 N–H and O–H groups in total. The molecule has 24 heavy (non-hydrogen) atoms. The van der Waals surface area contributed by atoms with Gasteiger partial charge in [-0.1, -0.05) is 30.8 Å². The van der Waals surface area contributed by atoms with Crippen LogP contribution in [0.4, 0.5) is 0 Å². The summed E-state index contributed by atoms with van der Waals surface area (Å²) in [6.07, 6.45) is 2.52. The predicted molar refractivity (Wildman–Crippen MR) is 91.0 cm³/mol. The maximum absolute atomic E-state index is 11.6. The monoisotopic (exact) mass is 347 g/mol. The molecule has 2 aromatic rings. The molecule has 0 bridgehead atoms. The van der Waals surface area contributed by atoms with Gasteiger partial charge in [0.05, 0.1) is 13.2 Å². The molecular formula is C17H21N3O3S. The van der Waals surface area contributed by atoms with E-state index >= 15 is 0 Å². The van der Waals surface area contributed by atoms with Gasteiger partial charge in [0.25, 0.3) is 5.22 Å². The van der Waals surface area contributed by atoms with Gasteiger partial charge in [0.1, 0.15) is 5.75 Å². The molecule has 7 heteroatoms. The zero-order valence-corrected chi connectivity index (χ0v) is 14.6. The number of amides is 1. The van der Waals surface area contributed by atoms with Gasteiger partial charge in [-0.25, -0.2) is 0 Å². The number of rotatable bonds is 8. The number of carbonyl (C=O) groups is 1. The molecular weight excluding hydrogens is 326 g/mol. The highest BCUT2D eigenvalue weighted by molar-refractivity contribution is 7.99. The fourth-order valence-electron chi connectivity index (χ4n) is 2.54. The van der Waals surface area contributed by atoms with Gasteiger partial charge in [-0.15, -0.1) is 10.2 Å². The second kappa shape index (κ2) is 8.19. The Labute approximate surface area is 145 Å². The molecule has 1 aliphatic heterocycles. The second-order valence-corrected chi connectivity index (χ2v) is 6.62. The van der Waals surface area contributed by atoms with Crippen LogP contribution in [0.1, 0.15) is 31.2 Å². The zero-order chi connectivity index (χ0) is 16.8. The molecule has 0 saturated carbocycles. The van der Waals surface area contributed by atoms with Crippen molar-refractivity contribution in [2.24, 2.45) is 0 Å². The number of likely N-dealkylation sites (tertiary alicyclic amines) is 1. The topological polar surface area (TPSA) is 68.5 Å². The van der Waals surface area contributed by atoms with Crippen molar-refractivity contribution in [3.8, 4) is 5.75 Å². The van der Waals surface area contributed by atoms with E-state index in [1.54, 1.807) is 4.90 Å². The van der Waals surface area contributed by atoms with Crippen molar-refractivity contribution in [1.29, 1.82) is 0 Å². The van der Waals surface area contributed by atoms with Crippen molar-refractivity contribution in [3.05, 3.63) is 35.7 Å². The summed E-state index contributed by atoms with van der Waals surface area (Å²) >= 11 is 1.46. The van der Waals surface area contributed by atoms with E-state index in [4.69, 9.17) is 9.15 Å². The van der Waals surface area contributed by atoms with E-state index in [-0.39, 0.29) is 5.91 Å². The number of aryl methyl sites for hydroxylation is 1. The van der Waals surface area contributed by atoms with E-state index in [9.17, 15) is 4.79 Å². The van der Waals surface area contributed by atoms with Crippen LogP contribution in [0.5, 0.6) is 5.75 Å². The van der Waals surface area contributed by atoms with Crippen molar-refractivity contribution in [2.75, 3.05) is 18.9 Å². The zero-order valence-electron chi connectivity index (χ0n) is 13.7. The standard InChI is InChI=1S/C17H21N3O3S/c1-2-13-5-3-6-14(11-13)22-9-10-24-17-19-18-15(23-17)12-20-8-4-7-16(20)21/h3,5-6,11H,2,4,7-10,12H2,1H3. The Bertz CT molecular complexity index is 689. The normalized spacial score (nSPS) is 14.4. The molecule has 1 fully saturated rings. The maximum atomic E-state index is 11.6. The number of thioether (sulfide) groups is 1. The number of benzene rings is 1. The summed E-state index contributed by atoms with van der Waals surface area (Å²) in [6, 6.07) is 8.11. The first-order chi connectivity index (χ1) is 11.7. The summed E-state index contributed by atoms with van der Waals surface area (Å²) < 4.78 is 11.3. The quantitative estimate of drug-likeness (QED) is 0.540. The van der Waals surface area contributed by atoms with E-state index in [1.165, 1.54) is 17.3 Å². The lowest BCUT2D eigenvalue weighted by Crippen LogP contribution is -2.23. The van der Waals surface area contributed by atoms with Gasteiger partial charge < -0.3 is 14.1 Å². The van der Waals surface area contributed by atoms with Gasteiger partial charge in [-0.05, 0) is 30.5 Å². The van der Waals surface area contributed by atoms with E-state index in [0.717, 1.165) is 30.9 Å². The number of ether oxygens (including phenoxy) is 1. The van der Waals surface area contributed by atoms with Crippen molar-refractivity contribution in [3.63, 3.8) is 0 Å². The van der Waals surface area contributed by atoms with Crippen LogP contribution in [0.2, 0.25) is 0 Å². The first kappa shape index (κ1) is 16.8. The van der Waals surface area contributed by atoms with Crippen LogP contribution in [0, 0.1) is 0 Å². The SMILES string of the molecule is CCc1cccc(OCCSc2nnc(CN3CCCC3=O)o2)c1. The maximum Gasteiger partial charge on any atom is 0.276 e. The van der Waals surface area contributed by atoms with E-state index in [1.807, 2.05) is 12.1 Å². The molecule has 0 radical (unpaired) electrons. The summed E-state index contributed by atoms with van der Waals surface area (Å²) in [6.45, 7) is 3.87. The highest BCUT2D eigenvalue weighted by Crippen LogP contribution is 2.19. The molecule has 1 amide bonds. The number of hydrogen-bond acceptors (Lipinski definition) is 6. The first-order valence-corrected chi connectivity index (χ1v) is 9.18. The second-order valence-electron chi connectivity index (χ2n) is 5.58. The highest BCUT2D eigenvalue weighted by atomic mass is 32.2. The average Bonchev–Trinajstić information content (AvgIpc) is 3.22. The molecule has 1 aliphatic rings. The lowest BCUT2D eigenvalue weighted by Gasteiger charge is -2.11. The van der Waals surface area contributed by atoms with E-state index in [2.05, 4.69) is 29.3 Å². The molecule has 128 valence electrons. The van der Waals surface area contributed by atoms with Gasteiger partial charge >= 0.3 is 0 Å². The Hall–Kier alpha value is -2.02. The lowest BCUT2D eigenvalue weighted by atomic mass is 10.2. The molecule has 0 atom stereocenters. The Morgan fingerprint density at radius 2 is 2.29 bits per heavy atom. The van der Waals surface area contributed by atoms with Crippen LogP contribution in [-0.4, -0.2) is 39.9 Å². The minimum atomic E-state index is 0.158. The summed E-state index contributed by atoms with van der Waals surface area (Å²) in [5.74, 6) is 2.25. The Morgan fingerprint density at radius 1 is 1.38 bits per heavy atom. The largest absolute Gasteiger partial charge is 0.493 e. The van der Waals surface area contributed by atoms with Crippen LogP contribution in [0.3, 0.4) is 0 Å². The Kier molecular flexibility index (Phi) is 5.74. The molecule has 1 saturated heterocycles. The summed E-state index contributed by atoms with van der Waals surface area (Å²) in [7, 11) is 0. The predicted octanol–water partition coefficient (Wildman–Crippen LogP) is 2.93. The lowest BCUT2D eigenvalue weighted by molar-refractivity contribution is -0.128. The van der Waals surface area contributed by atoms with Crippen molar-refractivity contribution < 1.29 is 13.9 Å². The van der Waals surface area contributed by atoms with Crippen LogP contribution < -0.4 is 4.74 Å². The minimum Gasteiger partial charge on any atom is -0.493 e. The molecule has 3 rings (SSSR count). The van der Waals surface area contributed by atoms with Crippen molar-refractivity contribution in [1.82, 2.24) is 15.1 Å². The Balaban J connectivity index is 1.41.